The van der Waals surface area contributed by atoms with Crippen molar-refractivity contribution in [1.29, 1.82) is 0 Å². The van der Waals surface area contributed by atoms with E-state index in [1.807, 2.05) is 0 Å². The third-order valence-corrected chi connectivity index (χ3v) is 2.93. The normalized spacial score (nSPS) is 11.3. The number of ether oxygens (including phenoxy) is 1. The number of halogens is 1. The monoisotopic (exact) mass is 291 g/mol. The molecule has 0 atom stereocenters. The van der Waals surface area contributed by atoms with Gasteiger partial charge in [-0.3, -0.25) is 4.79 Å². The highest BCUT2D eigenvalue weighted by Gasteiger charge is 2.15. The number of alkyl halides is 1. The molecule has 4 nitrogen and oxygen atoms in total. The van der Waals surface area contributed by atoms with Crippen LogP contribution in [0.15, 0.2) is 9.32 Å². The fourth-order valence-electron chi connectivity index (χ4n) is 1.45. The average molecular weight is 292 g/mol. The molecule has 0 N–H and O–H groups in total. The van der Waals surface area contributed by atoms with Crippen LogP contribution < -0.4 is 5.56 Å². The van der Waals surface area contributed by atoms with Gasteiger partial charge in [0.15, 0.2) is 6.73 Å². The van der Waals surface area contributed by atoms with E-state index in [2.05, 4.69) is 29.8 Å². The van der Waals surface area contributed by atoms with Crippen molar-refractivity contribution >= 4 is 15.9 Å². The number of rotatable bonds is 6. The molecule has 1 heterocycles. The Morgan fingerprint density at radius 1 is 1.50 bits per heavy atom. The van der Waals surface area contributed by atoms with Crippen LogP contribution in [0.25, 0.3) is 0 Å². The molecule has 1 rings (SSSR count). The summed E-state index contributed by atoms with van der Waals surface area (Å²) in [6.45, 7) is 4.47. The van der Waals surface area contributed by atoms with Gasteiger partial charge >= 0.3 is 0 Å². The Balaban J connectivity index is 2.90. The largest absolute Gasteiger partial charge is 0.378 e. The van der Waals surface area contributed by atoms with Gasteiger partial charge in [-0.1, -0.05) is 29.8 Å². The minimum absolute atomic E-state index is 0.0996. The molecule has 0 bridgehead atoms. The van der Waals surface area contributed by atoms with Gasteiger partial charge in [0, 0.05) is 18.9 Å². The van der Waals surface area contributed by atoms with Crippen molar-refractivity contribution in [2.75, 3.05) is 7.11 Å². The second-order valence-corrected chi connectivity index (χ2v) is 4.72. The zero-order valence-electron chi connectivity index (χ0n) is 9.96. The zero-order valence-corrected chi connectivity index (χ0v) is 11.5. The molecular weight excluding hydrogens is 274 g/mol. The molecule has 1 aromatic rings. The maximum Gasteiger partial charge on any atom is 0.289 e. The lowest BCUT2D eigenvalue weighted by molar-refractivity contribution is 0.0543. The summed E-state index contributed by atoms with van der Waals surface area (Å²) in [6.07, 6.45) is 1.81. The lowest BCUT2D eigenvalue weighted by Gasteiger charge is -2.02. The lowest BCUT2D eigenvalue weighted by atomic mass is 10.1. The Morgan fingerprint density at radius 3 is 2.69 bits per heavy atom. The highest BCUT2D eigenvalue weighted by atomic mass is 79.9. The van der Waals surface area contributed by atoms with Gasteiger partial charge in [0.2, 0.25) is 0 Å². The van der Waals surface area contributed by atoms with Gasteiger partial charge in [-0.2, -0.15) is 0 Å². The molecule has 0 saturated heterocycles. The highest BCUT2D eigenvalue weighted by molar-refractivity contribution is 9.08. The Kier molecular flexibility index (Phi) is 5.28. The van der Waals surface area contributed by atoms with Crippen LogP contribution in [0, 0.1) is 5.92 Å². The van der Waals surface area contributed by atoms with Gasteiger partial charge in [0.25, 0.3) is 5.56 Å². The van der Waals surface area contributed by atoms with Crippen LogP contribution in [0.4, 0.5) is 0 Å². The second-order valence-electron chi connectivity index (χ2n) is 4.16. The third-order valence-electron chi connectivity index (χ3n) is 2.37. The second kappa shape index (κ2) is 6.25. The van der Waals surface area contributed by atoms with E-state index in [0.717, 1.165) is 18.6 Å². The number of hydrogen-bond acceptors (Lipinski definition) is 3. The molecule has 0 radical (unpaired) electrons. The molecule has 16 heavy (non-hydrogen) atoms. The predicted molar refractivity (Wildman–Crippen MR) is 65.8 cm³/mol. The van der Waals surface area contributed by atoms with E-state index in [9.17, 15) is 4.79 Å². The number of aryl methyl sites for hydroxylation is 1. The van der Waals surface area contributed by atoms with Gasteiger partial charge in [-0.05, 0) is 12.3 Å². The van der Waals surface area contributed by atoms with E-state index in [1.165, 1.54) is 11.8 Å². The summed E-state index contributed by atoms with van der Waals surface area (Å²) in [6, 6.07) is 0. The van der Waals surface area contributed by atoms with Crippen molar-refractivity contribution < 1.29 is 9.26 Å². The first-order valence-electron chi connectivity index (χ1n) is 5.36. The van der Waals surface area contributed by atoms with Crippen LogP contribution in [-0.4, -0.2) is 11.8 Å². The number of nitrogens with zero attached hydrogens (tertiary/aromatic N) is 1. The summed E-state index contributed by atoms with van der Waals surface area (Å²) in [5.41, 5.74) is 0.607. The van der Waals surface area contributed by atoms with Gasteiger partial charge in [-0.15, -0.1) is 4.74 Å². The number of methoxy groups -OCH3 is 1. The lowest BCUT2D eigenvalue weighted by Crippen LogP contribution is -2.17. The first kappa shape index (κ1) is 13.5. The van der Waals surface area contributed by atoms with Crippen molar-refractivity contribution in [3.8, 4) is 0 Å². The molecular formula is C11H18BrNO3. The van der Waals surface area contributed by atoms with E-state index in [0.29, 0.717) is 16.8 Å². The quantitative estimate of drug-likeness (QED) is 0.757. The predicted octanol–water partition coefficient (Wildman–Crippen LogP) is 2.53. The van der Waals surface area contributed by atoms with Crippen LogP contribution in [0.5, 0.6) is 0 Å². The highest BCUT2D eigenvalue weighted by Crippen LogP contribution is 2.14. The Morgan fingerprint density at radius 2 is 2.19 bits per heavy atom. The van der Waals surface area contributed by atoms with Crippen molar-refractivity contribution in [3.63, 3.8) is 0 Å². The Labute approximate surface area is 104 Å². The summed E-state index contributed by atoms with van der Waals surface area (Å²) in [7, 11) is 1.54. The van der Waals surface area contributed by atoms with Crippen LogP contribution in [0.1, 0.15) is 31.6 Å². The maximum atomic E-state index is 11.8. The van der Waals surface area contributed by atoms with Gasteiger partial charge in [-0.25, -0.2) is 0 Å². The maximum absolute atomic E-state index is 11.8. The van der Waals surface area contributed by atoms with Crippen LogP contribution in [0.2, 0.25) is 0 Å². The molecule has 1 aromatic heterocycles. The summed E-state index contributed by atoms with van der Waals surface area (Å²) in [5, 5.41) is 0.527. The molecule has 0 fully saturated rings. The Bertz CT molecular complexity index is 381. The van der Waals surface area contributed by atoms with Gasteiger partial charge in [0.05, 0.1) is 5.56 Å². The summed E-state index contributed by atoms with van der Waals surface area (Å²) >= 11 is 3.32. The molecule has 0 spiro atoms. The van der Waals surface area contributed by atoms with Crippen LogP contribution in [0.3, 0.4) is 0 Å². The van der Waals surface area contributed by atoms with E-state index < -0.39 is 0 Å². The van der Waals surface area contributed by atoms with E-state index in [4.69, 9.17) is 9.26 Å². The van der Waals surface area contributed by atoms with Gasteiger partial charge < -0.3 is 9.26 Å². The van der Waals surface area contributed by atoms with Crippen LogP contribution in [-0.2, 0) is 23.2 Å². The minimum Gasteiger partial charge on any atom is -0.378 e. The van der Waals surface area contributed by atoms with Crippen molar-refractivity contribution in [1.82, 2.24) is 4.74 Å². The van der Waals surface area contributed by atoms with Crippen molar-refractivity contribution in [2.45, 2.75) is 38.8 Å². The fourth-order valence-corrected chi connectivity index (χ4v) is 2.00. The molecule has 5 heteroatoms. The first-order chi connectivity index (χ1) is 7.60. The van der Waals surface area contributed by atoms with Crippen LogP contribution >= 0.6 is 15.9 Å². The number of hydrogen-bond donors (Lipinski definition) is 0. The molecule has 92 valence electrons. The SMILES string of the molecule is COCn1oc(CCC(C)C)c(CBr)c1=O. The Hall–Kier alpha value is -0.550. The van der Waals surface area contributed by atoms with E-state index in [-0.39, 0.29) is 12.3 Å². The standard InChI is InChI=1S/C11H18BrNO3/c1-8(2)4-5-10-9(6-12)11(14)13(16-10)7-15-3/h8H,4-7H2,1-3H3. The molecule has 0 aliphatic heterocycles. The van der Waals surface area contributed by atoms with Gasteiger partial charge in [0.1, 0.15) is 5.76 Å². The summed E-state index contributed by atoms with van der Waals surface area (Å²) < 4.78 is 11.6. The van der Waals surface area contributed by atoms with Crippen molar-refractivity contribution in [3.05, 3.63) is 21.7 Å². The van der Waals surface area contributed by atoms with Crippen molar-refractivity contribution in [2.24, 2.45) is 5.92 Å². The fraction of sp³-hybridized carbons (Fsp3) is 0.727. The van der Waals surface area contributed by atoms with E-state index >= 15 is 0 Å². The third kappa shape index (κ3) is 3.22. The average Bonchev–Trinajstić information content (AvgIpc) is 2.53. The molecule has 0 aliphatic carbocycles. The molecule has 0 amide bonds. The molecule has 0 saturated carbocycles. The summed E-state index contributed by atoms with van der Waals surface area (Å²) in [4.78, 5) is 11.8. The first-order valence-corrected chi connectivity index (χ1v) is 6.49. The number of aromatic nitrogens is 1. The summed E-state index contributed by atoms with van der Waals surface area (Å²) in [5.74, 6) is 1.37. The topological polar surface area (TPSA) is 44.4 Å². The molecule has 0 aromatic carbocycles. The molecule has 0 aliphatic rings. The zero-order chi connectivity index (χ0) is 12.1. The molecule has 0 unspecified atom stereocenters. The smallest absolute Gasteiger partial charge is 0.289 e. The van der Waals surface area contributed by atoms with E-state index in [1.54, 1.807) is 0 Å². The minimum atomic E-state index is -0.0996.